The number of fused-ring (bicyclic) bond motifs is 2. The third kappa shape index (κ3) is 4.29. The average Bonchev–Trinajstić information content (AvgIpc) is 3.13. The maximum absolute atomic E-state index is 13.4. The Labute approximate surface area is 206 Å². The molecule has 9 nitrogen and oxygen atoms in total. The van der Waals surface area contributed by atoms with Crippen LogP contribution in [0, 0.1) is 6.92 Å². The SMILES string of the molecule is CCOc1cc(C=Nn2c(N)c(C(=O)Nc3cccc(C)c3)c3nc4ccccc4nc32)ccc1O. The molecule has 0 unspecified atom stereocenters. The second-order valence-electron chi connectivity index (χ2n) is 8.18. The molecule has 0 saturated heterocycles. The Kier molecular flexibility index (Phi) is 5.95. The number of nitrogens with one attached hydrogen (secondary N) is 1. The maximum Gasteiger partial charge on any atom is 0.261 e. The molecular weight excluding hydrogens is 456 g/mol. The van der Waals surface area contributed by atoms with Crippen molar-refractivity contribution in [3.63, 3.8) is 0 Å². The number of rotatable bonds is 6. The highest BCUT2D eigenvalue weighted by Gasteiger charge is 2.24. The molecular formula is C27H24N6O3. The Morgan fingerprint density at radius 3 is 2.64 bits per heavy atom. The second kappa shape index (κ2) is 9.38. The van der Waals surface area contributed by atoms with Gasteiger partial charge in [0.2, 0.25) is 0 Å². The van der Waals surface area contributed by atoms with Crippen LogP contribution in [0.5, 0.6) is 11.5 Å². The van der Waals surface area contributed by atoms with Crippen molar-refractivity contribution < 1.29 is 14.6 Å². The van der Waals surface area contributed by atoms with E-state index in [-0.39, 0.29) is 17.1 Å². The van der Waals surface area contributed by atoms with Crippen LogP contribution in [0.4, 0.5) is 11.5 Å². The molecule has 0 aliphatic heterocycles. The van der Waals surface area contributed by atoms with E-state index in [1.54, 1.807) is 24.4 Å². The van der Waals surface area contributed by atoms with Crippen LogP contribution in [0.2, 0.25) is 0 Å². The van der Waals surface area contributed by atoms with Crippen molar-refractivity contribution in [1.82, 2.24) is 14.6 Å². The van der Waals surface area contributed by atoms with Gasteiger partial charge in [0.05, 0.1) is 23.9 Å². The summed E-state index contributed by atoms with van der Waals surface area (Å²) in [5.41, 5.74) is 10.9. The number of nitrogen functional groups attached to an aromatic ring is 1. The molecule has 2 aromatic heterocycles. The normalized spacial score (nSPS) is 11.4. The van der Waals surface area contributed by atoms with Crippen molar-refractivity contribution in [2.45, 2.75) is 13.8 Å². The van der Waals surface area contributed by atoms with E-state index in [4.69, 9.17) is 20.4 Å². The summed E-state index contributed by atoms with van der Waals surface area (Å²) in [7, 11) is 0. The molecule has 0 atom stereocenters. The van der Waals surface area contributed by atoms with Gasteiger partial charge in [0.15, 0.2) is 17.1 Å². The third-order valence-corrected chi connectivity index (χ3v) is 5.58. The number of nitrogens with two attached hydrogens (primary N) is 1. The van der Waals surface area contributed by atoms with Crippen LogP contribution >= 0.6 is 0 Å². The molecule has 0 aliphatic rings. The lowest BCUT2D eigenvalue weighted by Gasteiger charge is -2.07. The zero-order valence-electron chi connectivity index (χ0n) is 19.8. The van der Waals surface area contributed by atoms with E-state index in [0.29, 0.717) is 45.8 Å². The molecule has 0 spiro atoms. The first-order chi connectivity index (χ1) is 17.4. The van der Waals surface area contributed by atoms with Gasteiger partial charge in [-0.15, -0.1) is 0 Å². The molecule has 0 fully saturated rings. The van der Waals surface area contributed by atoms with Gasteiger partial charge in [-0.3, -0.25) is 4.79 Å². The number of nitrogens with zero attached hydrogens (tertiary/aromatic N) is 4. The summed E-state index contributed by atoms with van der Waals surface area (Å²) in [5.74, 6) is 0.0681. The molecule has 0 saturated carbocycles. The van der Waals surface area contributed by atoms with Crippen molar-refractivity contribution in [1.29, 1.82) is 0 Å². The van der Waals surface area contributed by atoms with Gasteiger partial charge in [0.25, 0.3) is 5.91 Å². The van der Waals surface area contributed by atoms with Crippen LogP contribution < -0.4 is 15.8 Å². The highest BCUT2D eigenvalue weighted by Crippen LogP contribution is 2.30. The van der Waals surface area contributed by atoms with Gasteiger partial charge in [-0.2, -0.15) is 9.78 Å². The van der Waals surface area contributed by atoms with Crippen LogP contribution in [0.3, 0.4) is 0 Å². The van der Waals surface area contributed by atoms with E-state index in [0.717, 1.165) is 5.56 Å². The molecule has 4 N–H and O–H groups in total. The monoisotopic (exact) mass is 480 g/mol. The van der Waals surface area contributed by atoms with Crippen LogP contribution in [-0.2, 0) is 0 Å². The minimum Gasteiger partial charge on any atom is -0.504 e. The van der Waals surface area contributed by atoms with E-state index in [2.05, 4.69) is 10.4 Å². The fourth-order valence-electron chi connectivity index (χ4n) is 3.91. The quantitative estimate of drug-likeness (QED) is 0.302. The fraction of sp³-hybridized carbons (Fsp3) is 0.111. The topological polar surface area (TPSA) is 128 Å². The Bertz CT molecular complexity index is 1640. The number of anilines is 2. The number of carbonyl (C=O) groups is 1. The van der Waals surface area contributed by atoms with Crippen molar-refractivity contribution >= 4 is 45.8 Å². The summed E-state index contributed by atoms with van der Waals surface area (Å²) in [6.45, 7) is 4.19. The summed E-state index contributed by atoms with van der Waals surface area (Å²) in [6, 6.07) is 19.7. The lowest BCUT2D eigenvalue weighted by atomic mass is 10.2. The maximum atomic E-state index is 13.4. The molecule has 0 radical (unpaired) electrons. The van der Waals surface area contributed by atoms with Gasteiger partial charge in [0, 0.05) is 5.69 Å². The van der Waals surface area contributed by atoms with Crippen molar-refractivity contribution in [2.24, 2.45) is 5.10 Å². The van der Waals surface area contributed by atoms with Gasteiger partial charge >= 0.3 is 0 Å². The van der Waals surface area contributed by atoms with Crippen LogP contribution in [0.15, 0.2) is 71.8 Å². The molecule has 9 heteroatoms. The van der Waals surface area contributed by atoms with E-state index in [9.17, 15) is 9.90 Å². The minimum absolute atomic E-state index is 0.0346. The molecule has 180 valence electrons. The number of aromatic hydroxyl groups is 1. The Balaban J connectivity index is 1.63. The lowest BCUT2D eigenvalue weighted by Crippen LogP contribution is -2.14. The minimum atomic E-state index is -0.412. The number of para-hydroxylation sites is 2. The summed E-state index contributed by atoms with van der Waals surface area (Å²) in [6.07, 6.45) is 1.55. The molecule has 1 amide bonds. The highest BCUT2D eigenvalue weighted by atomic mass is 16.5. The summed E-state index contributed by atoms with van der Waals surface area (Å²) in [5, 5.41) is 17.4. The average molecular weight is 481 g/mol. The Morgan fingerprint density at radius 1 is 1.11 bits per heavy atom. The zero-order valence-corrected chi connectivity index (χ0v) is 19.8. The molecule has 0 aliphatic carbocycles. The van der Waals surface area contributed by atoms with Gasteiger partial charge in [0.1, 0.15) is 16.9 Å². The molecule has 36 heavy (non-hydrogen) atoms. The van der Waals surface area contributed by atoms with Crippen molar-refractivity contribution in [3.05, 3.63) is 83.4 Å². The number of ether oxygens (including phenoxy) is 1. The van der Waals surface area contributed by atoms with Crippen LogP contribution in [0.25, 0.3) is 22.2 Å². The second-order valence-corrected chi connectivity index (χ2v) is 8.18. The first kappa shape index (κ1) is 22.9. The standard InChI is InChI=1S/C27H24N6O3/c1-3-36-22-14-17(11-12-21(22)34)15-29-33-25(28)23(27(35)30-18-8-6-7-16(2)13-18)24-26(33)32-20-10-5-4-9-19(20)31-24/h4-15,34H,3,28H2,1-2H3,(H,30,35). The fourth-order valence-corrected chi connectivity index (χ4v) is 3.91. The van der Waals surface area contributed by atoms with Gasteiger partial charge in [-0.1, -0.05) is 24.3 Å². The molecule has 5 rings (SSSR count). The van der Waals surface area contributed by atoms with E-state index < -0.39 is 5.91 Å². The summed E-state index contributed by atoms with van der Waals surface area (Å²) >= 11 is 0. The van der Waals surface area contributed by atoms with E-state index in [1.807, 2.05) is 56.3 Å². The van der Waals surface area contributed by atoms with Gasteiger partial charge in [-0.05, 0) is 67.4 Å². The number of phenolic OH excluding ortho intramolecular Hbond substituents is 1. The number of aromatic nitrogens is 3. The van der Waals surface area contributed by atoms with Crippen LogP contribution in [-0.4, -0.2) is 38.5 Å². The zero-order chi connectivity index (χ0) is 25.2. The van der Waals surface area contributed by atoms with E-state index >= 15 is 0 Å². The van der Waals surface area contributed by atoms with Gasteiger partial charge in [-0.25, -0.2) is 9.97 Å². The predicted octanol–water partition coefficient (Wildman–Crippen LogP) is 4.71. The first-order valence-electron chi connectivity index (χ1n) is 11.4. The molecule has 5 aromatic rings. The number of hydrogen-bond donors (Lipinski definition) is 3. The summed E-state index contributed by atoms with van der Waals surface area (Å²) < 4.78 is 6.85. The predicted molar refractivity (Wildman–Crippen MR) is 141 cm³/mol. The molecule has 3 aromatic carbocycles. The number of benzene rings is 3. The first-order valence-corrected chi connectivity index (χ1v) is 11.4. The number of hydrogen-bond acceptors (Lipinski definition) is 7. The van der Waals surface area contributed by atoms with Crippen molar-refractivity contribution in [3.8, 4) is 11.5 Å². The molecule has 2 heterocycles. The lowest BCUT2D eigenvalue weighted by molar-refractivity contribution is 0.102. The Morgan fingerprint density at radius 2 is 1.89 bits per heavy atom. The summed E-state index contributed by atoms with van der Waals surface area (Å²) in [4.78, 5) is 22.8. The number of aryl methyl sites for hydroxylation is 1. The number of carbonyl (C=O) groups excluding carboxylic acids is 1. The smallest absolute Gasteiger partial charge is 0.261 e. The number of amides is 1. The number of phenols is 1. The molecule has 0 bridgehead atoms. The largest absolute Gasteiger partial charge is 0.504 e. The van der Waals surface area contributed by atoms with Crippen LogP contribution in [0.1, 0.15) is 28.4 Å². The third-order valence-electron chi connectivity index (χ3n) is 5.58. The van der Waals surface area contributed by atoms with Gasteiger partial charge < -0.3 is 20.9 Å². The Hall–Kier alpha value is -4.92. The van der Waals surface area contributed by atoms with Crippen molar-refractivity contribution in [2.75, 3.05) is 17.7 Å². The van der Waals surface area contributed by atoms with E-state index in [1.165, 1.54) is 10.7 Å². The highest BCUT2D eigenvalue weighted by molar-refractivity contribution is 6.16.